The fourth-order valence-electron chi connectivity index (χ4n) is 2.69. The SMILES string of the molecule is O=C(COCc1ccccc1)N[C@H]1CO[C@H]2[C@@H]1OC[C@@H]2O. The largest absolute Gasteiger partial charge is 0.388 e. The molecule has 0 unspecified atom stereocenters. The zero-order valence-electron chi connectivity index (χ0n) is 11.6. The number of carbonyl (C=O) groups is 1. The number of aliphatic hydroxyl groups excluding tert-OH is 1. The van der Waals surface area contributed by atoms with Gasteiger partial charge in [0, 0.05) is 0 Å². The smallest absolute Gasteiger partial charge is 0.246 e. The average molecular weight is 293 g/mol. The topological polar surface area (TPSA) is 77.0 Å². The van der Waals surface area contributed by atoms with Crippen LogP contribution in [0.3, 0.4) is 0 Å². The molecule has 0 spiro atoms. The molecule has 0 bridgehead atoms. The van der Waals surface area contributed by atoms with Gasteiger partial charge in [-0.25, -0.2) is 0 Å². The molecule has 2 aliphatic rings. The fourth-order valence-corrected chi connectivity index (χ4v) is 2.69. The monoisotopic (exact) mass is 293 g/mol. The van der Waals surface area contributed by atoms with Crippen LogP contribution in [0.25, 0.3) is 0 Å². The Hall–Kier alpha value is -1.47. The molecule has 0 aromatic heterocycles. The third kappa shape index (κ3) is 3.41. The summed E-state index contributed by atoms with van der Waals surface area (Å²) in [5, 5.41) is 12.5. The minimum absolute atomic E-state index is 0.00860. The second-order valence-electron chi connectivity index (χ2n) is 5.32. The van der Waals surface area contributed by atoms with E-state index in [1.54, 1.807) is 0 Å². The maximum absolute atomic E-state index is 11.8. The lowest BCUT2D eigenvalue weighted by Gasteiger charge is -2.17. The number of hydrogen-bond donors (Lipinski definition) is 2. The lowest BCUT2D eigenvalue weighted by atomic mass is 10.1. The molecule has 0 aliphatic carbocycles. The van der Waals surface area contributed by atoms with Gasteiger partial charge in [0.15, 0.2) is 0 Å². The summed E-state index contributed by atoms with van der Waals surface area (Å²) in [5.74, 6) is -0.204. The number of nitrogens with one attached hydrogen (secondary N) is 1. The molecule has 2 heterocycles. The maximum Gasteiger partial charge on any atom is 0.246 e. The highest BCUT2D eigenvalue weighted by Gasteiger charge is 2.47. The number of amides is 1. The Labute approximate surface area is 123 Å². The van der Waals surface area contributed by atoms with Crippen LogP contribution in [0, 0.1) is 0 Å². The maximum atomic E-state index is 11.8. The van der Waals surface area contributed by atoms with Gasteiger partial charge in [0.25, 0.3) is 0 Å². The average Bonchev–Trinajstić information content (AvgIpc) is 3.05. The van der Waals surface area contributed by atoms with E-state index in [1.807, 2.05) is 30.3 Å². The second-order valence-corrected chi connectivity index (χ2v) is 5.32. The van der Waals surface area contributed by atoms with Crippen molar-refractivity contribution in [2.45, 2.75) is 31.0 Å². The highest BCUT2D eigenvalue weighted by Crippen LogP contribution is 2.26. The number of carbonyl (C=O) groups excluding carboxylic acids is 1. The molecule has 3 rings (SSSR count). The first-order chi connectivity index (χ1) is 10.2. The van der Waals surface area contributed by atoms with E-state index in [0.29, 0.717) is 13.2 Å². The van der Waals surface area contributed by atoms with Crippen LogP contribution in [0.2, 0.25) is 0 Å². The van der Waals surface area contributed by atoms with Gasteiger partial charge in [-0.3, -0.25) is 4.79 Å². The summed E-state index contributed by atoms with van der Waals surface area (Å²) in [6.45, 7) is 1.01. The minimum atomic E-state index is -0.605. The predicted octanol–water partition coefficient (Wildman–Crippen LogP) is -0.154. The van der Waals surface area contributed by atoms with E-state index >= 15 is 0 Å². The van der Waals surface area contributed by atoms with Crippen molar-refractivity contribution in [2.75, 3.05) is 19.8 Å². The third-order valence-electron chi connectivity index (χ3n) is 3.72. The summed E-state index contributed by atoms with van der Waals surface area (Å²) in [5.41, 5.74) is 1.02. The Kier molecular flexibility index (Phi) is 4.50. The molecule has 2 aliphatic heterocycles. The lowest BCUT2D eigenvalue weighted by molar-refractivity contribution is -0.127. The van der Waals surface area contributed by atoms with Gasteiger partial charge in [-0.15, -0.1) is 0 Å². The van der Waals surface area contributed by atoms with E-state index < -0.39 is 6.10 Å². The van der Waals surface area contributed by atoms with Crippen molar-refractivity contribution in [1.29, 1.82) is 0 Å². The number of rotatable bonds is 5. The van der Waals surface area contributed by atoms with Gasteiger partial charge >= 0.3 is 0 Å². The Bertz CT molecular complexity index is 480. The van der Waals surface area contributed by atoms with E-state index in [-0.39, 0.29) is 37.4 Å². The zero-order valence-corrected chi connectivity index (χ0v) is 11.6. The van der Waals surface area contributed by atoms with Crippen LogP contribution in [-0.4, -0.2) is 55.2 Å². The van der Waals surface area contributed by atoms with Crippen LogP contribution < -0.4 is 5.32 Å². The Balaban J connectivity index is 1.41. The summed E-state index contributed by atoms with van der Waals surface area (Å²) in [6, 6.07) is 9.46. The van der Waals surface area contributed by atoms with Crippen molar-refractivity contribution < 1.29 is 24.1 Å². The van der Waals surface area contributed by atoms with E-state index in [2.05, 4.69) is 5.32 Å². The van der Waals surface area contributed by atoms with Gasteiger partial charge < -0.3 is 24.6 Å². The summed E-state index contributed by atoms with van der Waals surface area (Å²) in [6.07, 6.45) is -1.20. The molecule has 1 aromatic carbocycles. The van der Waals surface area contributed by atoms with Crippen molar-refractivity contribution in [3.05, 3.63) is 35.9 Å². The van der Waals surface area contributed by atoms with Gasteiger partial charge in [-0.05, 0) is 5.56 Å². The van der Waals surface area contributed by atoms with Gasteiger partial charge in [0.05, 0.1) is 25.9 Å². The third-order valence-corrected chi connectivity index (χ3v) is 3.72. The molecule has 0 radical (unpaired) electrons. The number of fused-ring (bicyclic) bond motifs is 1. The molecule has 2 fully saturated rings. The molecule has 1 aromatic rings. The standard InChI is InChI=1S/C15H19NO5/c17-12-8-21-14-11(7-20-15(12)14)16-13(18)9-19-6-10-4-2-1-3-5-10/h1-5,11-12,14-15,17H,6-9H2,(H,16,18)/t11-,12-,14+,15+/m0/s1. The summed E-state index contributed by atoms with van der Waals surface area (Å²) < 4.78 is 16.3. The quantitative estimate of drug-likeness (QED) is 0.789. The Morgan fingerprint density at radius 3 is 2.81 bits per heavy atom. The molecule has 6 nitrogen and oxygen atoms in total. The highest BCUT2D eigenvalue weighted by molar-refractivity contribution is 5.77. The van der Waals surface area contributed by atoms with Gasteiger partial charge in [-0.1, -0.05) is 30.3 Å². The molecule has 114 valence electrons. The predicted molar refractivity (Wildman–Crippen MR) is 73.5 cm³/mol. The molecule has 2 N–H and O–H groups in total. The van der Waals surface area contributed by atoms with Crippen molar-refractivity contribution in [1.82, 2.24) is 5.32 Å². The molecular weight excluding hydrogens is 274 g/mol. The van der Waals surface area contributed by atoms with Crippen molar-refractivity contribution in [3.63, 3.8) is 0 Å². The molecule has 1 amide bonds. The first kappa shape index (κ1) is 14.5. The summed E-state index contributed by atoms with van der Waals surface area (Å²) >= 11 is 0. The van der Waals surface area contributed by atoms with E-state index in [9.17, 15) is 9.90 Å². The van der Waals surface area contributed by atoms with Gasteiger partial charge in [-0.2, -0.15) is 0 Å². The first-order valence-corrected chi connectivity index (χ1v) is 7.06. The van der Waals surface area contributed by atoms with Crippen molar-refractivity contribution in [2.24, 2.45) is 0 Å². The van der Waals surface area contributed by atoms with Crippen LogP contribution in [0.4, 0.5) is 0 Å². The van der Waals surface area contributed by atoms with Crippen LogP contribution in [-0.2, 0) is 25.6 Å². The van der Waals surface area contributed by atoms with Crippen LogP contribution >= 0.6 is 0 Å². The van der Waals surface area contributed by atoms with Crippen molar-refractivity contribution >= 4 is 5.91 Å². The molecular formula is C15H19NO5. The molecule has 0 saturated carbocycles. The normalized spacial score (nSPS) is 31.1. The summed E-state index contributed by atoms with van der Waals surface area (Å²) in [4.78, 5) is 11.8. The van der Waals surface area contributed by atoms with Gasteiger partial charge in [0.2, 0.25) is 5.91 Å². The molecule has 2 saturated heterocycles. The second kappa shape index (κ2) is 6.53. The fraction of sp³-hybridized carbons (Fsp3) is 0.533. The first-order valence-electron chi connectivity index (χ1n) is 7.06. The Morgan fingerprint density at radius 1 is 1.24 bits per heavy atom. The van der Waals surface area contributed by atoms with E-state index in [1.165, 1.54) is 0 Å². The minimum Gasteiger partial charge on any atom is -0.388 e. The van der Waals surface area contributed by atoms with Crippen molar-refractivity contribution in [3.8, 4) is 0 Å². The number of benzene rings is 1. The molecule has 21 heavy (non-hydrogen) atoms. The lowest BCUT2D eigenvalue weighted by Crippen LogP contribution is -2.45. The molecule has 4 atom stereocenters. The van der Waals surface area contributed by atoms with Gasteiger partial charge in [0.1, 0.15) is 24.9 Å². The molecule has 6 heteroatoms. The Morgan fingerprint density at radius 2 is 2.00 bits per heavy atom. The van der Waals surface area contributed by atoms with E-state index in [4.69, 9.17) is 14.2 Å². The number of aliphatic hydroxyl groups is 1. The number of hydrogen-bond acceptors (Lipinski definition) is 5. The van der Waals surface area contributed by atoms with Crippen LogP contribution in [0.1, 0.15) is 5.56 Å². The van der Waals surface area contributed by atoms with Crippen LogP contribution in [0.15, 0.2) is 30.3 Å². The van der Waals surface area contributed by atoms with E-state index in [0.717, 1.165) is 5.56 Å². The summed E-state index contributed by atoms with van der Waals surface area (Å²) in [7, 11) is 0. The highest BCUT2D eigenvalue weighted by atomic mass is 16.6. The van der Waals surface area contributed by atoms with Crippen LogP contribution in [0.5, 0.6) is 0 Å². The number of ether oxygens (including phenoxy) is 3. The zero-order chi connectivity index (χ0) is 14.7.